The third-order valence-electron chi connectivity index (χ3n) is 6.99. The smallest absolute Gasteiger partial charge is 0.162 e. The van der Waals surface area contributed by atoms with Crippen molar-refractivity contribution in [1.82, 2.24) is 19.9 Å². The molecule has 7 nitrogen and oxygen atoms in total. The van der Waals surface area contributed by atoms with Crippen molar-refractivity contribution in [3.05, 3.63) is 35.2 Å². The van der Waals surface area contributed by atoms with Crippen LogP contribution in [0.1, 0.15) is 45.2 Å². The zero-order chi connectivity index (χ0) is 22.6. The van der Waals surface area contributed by atoms with E-state index < -0.39 is 0 Å². The average Bonchev–Trinajstić information content (AvgIpc) is 3.37. The molecule has 5 heterocycles. The van der Waals surface area contributed by atoms with Crippen LogP contribution < -0.4 is 4.90 Å². The van der Waals surface area contributed by atoms with Crippen LogP contribution in [0.3, 0.4) is 0 Å². The number of anilines is 1. The molecule has 1 N–H and O–H groups in total. The summed E-state index contributed by atoms with van der Waals surface area (Å²) in [7, 11) is -0.0127. The summed E-state index contributed by atoms with van der Waals surface area (Å²) >= 11 is 6.40. The van der Waals surface area contributed by atoms with Gasteiger partial charge >= 0.3 is 0 Å². The van der Waals surface area contributed by atoms with Crippen LogP contribution in [-0.2, 0) is 20.2 Å². The summed E-state index contributed by atoms with van der Waals surface area (Å²) in [6.45, 7) is 6.79. The van der Waals surface area contributed by atoms with Gasteiger partial charge in [0.15, 0.2) is 5.82 Å². The molecule has 3 fully saturated rings. The van der Waals surface area contributed by atoms with Gasteiger partial charge in [-0.2, -0.15) is 0 Å². The third-order valence-corrected chi connectivity index (χ3v) is 9.86. The summed E-state index contributed by atoms with van der Waals surface area (Å²) in [5.41, 5.74) is 2.77. The Morgan fingerprint density at radius 3 is 2.97 bits per heavy atom. The maximum absolute atomic E-state index is 6.40. The van der Waals surface area contributed by atoms with Gasteiger partial charge in [0.2, 0.25) is 0 Å². The van der Waals surface area contributed by atoms with Crippen molar-refractivity contribution in [2.75, 3.05) is 30.4 Å². The fraction of sp³-hybridized carbons (Fsp3) is 0.542. The summed E-state index contributed by atoms with van der Waals surface area (Å²) in [5.74, 6) is 2.84. The highest BCUT2D eigenvalue weighted by molar-refractivity contribution is 7.88. The molecule has 0 amide bonds. The highest BCUT2D eigenvalue weighted by Crippen LogP contribution is 2.43. The number of nitrogens with one attached hydrogen (secondary N) is 1. The highest BCUT2D eigenvalue weighted by Gasteiger charge is 2.40. The van der Waals surface area contributed by atoms with Crippen molar-refractivity contribution in [3.63, 3.8) is 0 Å². The summed E-state index contributed by atoms with van der Waals surface area (Å²) in [6.07, 6.45) is 6.67. The summed E-state index contributed by atoms with van der Waals surface area (Å²) in [6, 6.07) is 6.94. The van der Waals surface area contributed by atoms with Crippen molar-refractivity contribution in [2.45, 2.75) is 56.4 Å². The van der Waals surface area contributed by atoms with E-state index in [0.29, 0.717) is 30.2 Å². The zero-order valence-electron chi connectivity index (χ0n) is 19.1. The number of morpholine rings is 1. The van der Waals surface area contributed by atoms with Gasteiger partial charge in [0.05, 0.1) is 35.7 Å². The molecule has 3 atom stereocenters. The quantitative estimate of drug-likeness (QED) is 0.534. The second-order valence-electron chi connectivity index (χ2n) is 9.52. The number of pyridine rings is 1. The number of hydrogen-bond acceptors (Lipinski definition) is 6. The molecule has 0 aromatic carbocycles. The second-order valence-corrected chi connectivity index (χ2v) is 12.2. The average molecular weight is 485 g/mol. The minimum absolute atomic E-state index is 0.0127. The maximum atomic E-state index is 6.40. The van der Waals surface area contributed by atoms with Crippen LogP contribution in [0.25, 0.3) is 22.4 Å². The number of fused-ring (bicyclic) bond motifs is 1. The topological polar surface area (TPSA) is 79.3 Å². The van der Waals surface area contributed by atoms with E-state index >= 15 is 0 Å². The lowest BCUT2D eigenvalue weighted by atomic mass is 10.0. The summed E-state index contributed by atoms with van der Waals surface area (Å²) in [5, 5.41) is 1.42. The lowest BCUT2D eigenvalue weighted by Crippen LogP contribution is -2.44. The normalized spacial score (nSPS) is 28.2. The van der Waals surface area contributed by atoms with Crippen LogP contribution in [0, 0.1) is 0 Å². The number of halogens is 1. The molecule has 0 bridgehead atoms. The number of hydrogen-bond donors (Lipinski definition) is 1. The monoisotopic (exact) mass is 484 g/mol. The number of H-pyrrole nitrogens is 1. The van der Waals surface area contributed by atoms with Gasteiger partial charge in [-0.1, -0.05) is 22.3 Å². The van der Waals surface area contributed by atoms with Crippen LogP contribution in [0.2, 0.25) is 5.15 Å². The molecule has 2 aliphatic heterocycles. The standard InChI is InChI=1S/C24H29ClN6OS/c1-15-14-32-10-9-31(15)21-13-19(24(2)7-3-11-33(24)30-16-4-5-16)27-23(29-21)18-12-20(25)28-22-17(18)6-8-26-22/h6,8,12-13,15-16H,3-5,7,9-11,14H2,1-2H3,(H,26,28)/t15-,24?,33?/m1/s1. The Morgan fingerprint density at radius 2 is 2.15 bits per heavy atom. The largest absolute Gasteiger partial charge is 0.377 e. The number of aromatic nitrogens is 4. The molecule has 6 rings (SSSR count). The van der Waals surface area contributed by atoms with Gasteiger partial charge in [-0.05, 0) is 51.7 Å². The van der Waals surface area contributed by atoms with Crippen LogP contribution >= 0.6 is 11.6 Å². The SMILES string of the molecule is C[C@@H]1COCCN1c1cc(C2(C)CCCS2=NC2CC2)nc(-c2cc(Cl)nc3[nH]ccc23)n1. The molecule has 174 valence electrons. The first-order valence-electron chi connectivity index (χ1n) is 11.8. The Balaban J connectivity index is 1.54. The molecule has 1 aliphatic carbocycles. The van der Waals surface area contributed by atoms with Crippen LogP contribution in [0.4, 0.5) is 5.82 Å². The predicted molar refractivity (Wildman–Crippen MR) is 134 cm³/mol. The minimum atomic E-state index is -0.0569. The lowest BCUT2D eigenvalue weighted by Gasteiger charge is -2.35. The van der Waals surface area contributed by atoms with E-state index in [2.05, 4.69) is 34.8 Å². The lowest BCUT2D eigenvalue weighted by molar-refractivity contribution is 0.0985. The van der Waals surface area contributed by atoms with Gasteiger partial charge in [0, 0.05) is 35.5 Å². The van der Waals surface area contributed by atoms with Gasteiger partial charge < -0.3 is 14.6 Å². The van der Waals surface area contributed by atoms with Crippen LogP contribution in [-0.4, -0.2) is 57.5 Å². The van der Waals surface area contributed by atoms with E-state index in [0.717, 1.165) is 41.1 Å². The molecule has 3 aliphatic rings. The first-order valence-corrected chi connectivity index (χ1v) is 13.5. The fourth-order valence-corrected chi connectivity index (χ4v) is 7.60. The molecule has 33 heavy (non-hydrogen) atoms. The van der Waals surface area contributed by atoms with E-state index in [9.17, 15) is 0 Å². The third kappa shape index (κ3) is 3.96. The second kappa shape index (κ2) is 8.32. The van der Waals surface area contributed by atoms with E-state index in [4.69, 9.17) is 30.7 Å². The molecule has 3 aromatic heterocycles. The number of ether oxygens (including phenoxy) is 1. The minimum Gasteiger partial charge on any atom is -0.377 e. The Kier molecular flexibility index (Phi) is 5.42. The molecular formula is C24H29ClN6OS. The van der Waals surface area contributed by atoms with Crippen molar-refractivity contribution in [2.24, 2.45) is 4.36 Å². The van der Waals surface area contributed by atoms with Gasteiger partial charge in [0.1, 0.15) is 16.6 Å². The van der Waals surface area contributed by atoms with E-state index in [1.54, 1.807) is 0 Å². The maximum Gasteiger partial charge on any atom is 0.162 e. The van der Waals surface area contributed by atoms with Crippen molar-refractivity contribution < 1.29 is 4.74 Å². The molecule has 2 saturated heterocycles. The number of nitrogens with zero attached hydrogens (tertiary/aromatic N) is 5. The van der Waals surface area contributed by atoms with Gasteiger partial charge in [-0.3, -0.25) is 4.36 Å². The van der Waals surface area contributed by atoms with Crippen LogP contribution in [0.5, 0.6) is 0 Å². The van der Waals surface area contributed by atoms with Gasteiger partial charge in [-0.15, -0.1) is 0 Å². The fourth-order valence-electron chi connectivity index (χ4n) is 4.90. The molecule has 0 spiro atoms. The summed E-state index contributed by atoms with van der Waals surface area (Å²) < 4.78 is 10.9. The van der Waals surface area contributed by atoms with Crippen molar-refractivity contribution in [1.29, 1.82) is 0 Å². The highest BCUT2D eigenvalue weighted by atomic mass is 35.5. The molecule has 0 radical (unpaired) electrons. The summed E-state index contributed by atoms with van der Waals surface area (Å²) in [4.78, 5) is 20.2. The molecule has 3 aromatic rings. The van der Waals surface area contributed by atoms with Gasteiger partial charge in [-0.25, -0.2) is 15.0 Å². The predicted octanol–water partition coefficient (Wildman–Crippen LogP) is 4.87. The van der Waals surface area contributed by atoms with Gasteiger partial charge in [0.25, 0.3) is 0 Å². The number of aromatic amines is 1. The Hall–Kier alpha value is -2.03. The van der Waals surface area contributed by atoms with Crippen molar-refractivity contribution in [3.8, 4) is 11.4 Å². The first-order chi connectivity index (χ1) is 16.0. The van der Waals surface area contributed by atoms with Crippen LogP contribution in [0.15, 0.2) is 28.8 Å². The number of rotatable bonds is 4. The molecular weight excluding hydrogens is 456 g/mol. The van der Waals surface area contributed by atoms with E-state index in [1.165, 1.54) is 25.0 Å². The molecule has 9 heteroatoms. The Morgan fingerprint density at radius 1 is 1.27 bits per heavy atom. The molecule has 2 unspecified atom stereocenters. The Labute approximate surface area is 201 Å². The first kappa shape index (κ1) is 21.5. The van der Waals surface area contributed by atoms with Crippen molar-refractivity contribution >= 4 is 39.1 Å². The van der Waals surface area contributed by atoms with E-state index in [-0.39, 0.29) is 21.5 Å². The van der Waals surface area contributed by atoms with E-state index in [1.807, 2.05) is 18.3 Å². The molecule has 1 saturated carbocycles. The Bertz CT molecular complexity index is 1240. The zero-order valence-corrected chi connectivity index (χ0v) is 20.6.